The second-order valence-electron chi connectivity index (χ2n) is 3.38. The molecule has 17 heavy (non-hydrogen) atoms. The van der Waals surface area contributed by atoms with Crippen molar-refractivity contribution >= 4 is 23.2 Å². The average Bonchev–Trinajstić information content (AvgIpc) is 2.34. The molecular weight excluding hydrogens is 264 g/mol. The summed E-state index contributed by atoms with van der Waals surface area (Å²) in [5, 5.41) is 9.71. The third kappa shape index (κ3) is 2.41. The number of hydrogen-bond acceptors (Lipinski definition) is 2. The molecule has 0 unspecified atom stereocenters. The second kappa shape index (κ2) is 5.00. The number of halogens is 3. The van der Waals surface area contributed by atoms with Crippen LogP contribution in [0.25, 0.3) is 11.3 Å². The van der Waals surface area contributed by atoms with Crippen molar-refractivity contribution < 1.29 is 9.50 Å². The van der Waals surface area contributed by atoms with Gasteiger partial charge >= 0.3 is 0 Å². The molecule has 0 bridgehead atoms. The van der Waals surface area contributed by atoms with Crippen molar-refractivity contribution in [3.05, 3.63) is 51.9 Å². The first-order valence-electron chi connectivity index (χ1n) is 4.84. The first-order chi connectivity index (χ1) is 8.13. The van der Waals surface area contributed by atoms with E-state index in [9.17, 15) is 4.39 Å². The zero-order chi connectivity index (χ0) is 12.4. The Labute approximate surface area is 108 Å². The Balaban J connectivity index is 2.57. The summed E-state index contributed by atoms with van der Waals surface area (Å²) in [5.74, 6) is -0.547. The molecule has 2 aromatic rings. The minimum absolute atomic E-state index is 0.0152. The van der Waals surface area contributed by atoms with Crippen LogP contribution in [0.15, 0.2) is 30.3 Å². The van der Waals surface area contributed by atoms with Crippen molar-refractivity contribution in [3.63, 3.8) is 0 Å². The highest BCUT2D eigenvalue weighted by Gasteiger charge is 2.10. The first-order valence-corrected chi connectivity index (χ1v) is 5.59. The van der Waals surface area contributed by atoms with Gasteiger partial charge in [0.25, 0.3) is 0 Å². The fraction of sp³-hybridized carbons (Fsp3) is 0.0833. The van der Waals surface area contributed by atoms with Crippen molar-refractivity contribution in [2.45, 2.75) is 6.61 Å². The van der Waals surface area contributed by atoms with Crippen LogP contribution < -0.4 is 0 Å². The Morgan fingerprint density at radius 3 is 2.65 bits per heavy atom. The summed E-state index contributed by atoms with van der Waals surface area (Å²) in [6.45, 7) is -0.460. The summed E-state index contributed by atoms with van der Waals surface area (Å²) in [7, 11) is 0. The lowest BCUT2D eigenvalue weighted by Crippen LogP contribution is -1.96. The second-order valence-corrected chi connectivity index (χ2v) is 4.17. The van der Waals surface area contributed by atoms with Gasteiger partial charge in [0.15, 0.2) is 0 Å². The van der Waals surface area contributed by atoms with Gasteiger partial charge in [-0.05, 0) is 18.2 Å². The van der Waals surface area contributed by atoms with E-state index in [1.807, 2.05) is 0 Å². The van der Waals surface area contributed by atoms with Crippen LogP contribution in [0.1, 0.15) is 5.69 Å². The highest BCUT2D eigenvalue weighted by molar-refractivity contribution is 6.43. The van der Waals surface area contributed by atoms with Crippen LogP contribution in [-0.2, 0) is 6.61 Å². The maximum atomic E-state index is 13.2. The van der Waals surface area contributed by atoms with Crippen molar-refractivity contribution in [3.8, 4) is 11.3 Å². The molecule has 88 valence electrons. The molecule has 1 heterocycles. The van der Waals surface area contributed by atoms with E-state index < -0.39 is 12.4 Å². The van der Waals surface area contributed by atoms with Gasteiger partial charge in [0.2, 0.25) is 0 Å². The Morgan fingerprint density at radius 2 is 1.94 bits per heavy atom. The highest BCUT2D eigenvalue weighted by Crippen LogP contribution is 2.32. The SMILES string of the molecule is OCc1nc(-c2cccc(Cl)c2Cl)ccc1F. The lowest BCUT2D eigenvalue weighted by molar-refractivity contribution is 0.270. The fourth-order valence-electron chi connectivity index (χ4n) is 1.45. The molecule has 0 saturated carbocycles. The van der Waals surface area contributed by atoms with E-state index in [0.29, 0.717) is 21.3 Å². The van der Waals surface area contributed by atoms with Gasteiger partial charge in [0, 0.05) is 5.56 Å². The molecule has 1 N–H and O–H groups in total. The molecular formula is C12H8Cl2FNO. The van der Waals surface area contributed by atoms with Crippen LogP contribution >= 0.6 is 23.2 Å². The molecule has 0 aliphatic heterocycles. The number of aromatic nitrogens is 1. The lowest BCUT2D eigenvalue weighted by atomic mass is 10.1. The van der Waals surface area contributed by atoms with Gasteiger partial charge in [-0.25, -0.2) is 9.37 Å². The predicted octanol–water partition coefficient (Wildman–Crippen LogP) is 3.69. The number of benzene rings is 1. The van der Waals surface area contributed by atoms with Gasteiger partial charge < -0.3 is 5.11 Å². The Kier molecular flexibility index (Phi) is 3.62. The number of aliphatic hydroxyl groups is 1. The van der Waals surface area contributed by atoms with E-state index >= 15 is 0 Å². The fourth-order valence-corrected chi connectivity index (χ4v) is 1.84. The molecule has 2 rings (SSSR count). The predicted molar refractivity (Wildman–Crippen MR) is 65.6 cm³/mol. The van der Waals surface area contributed by atoms with Gasteiger partial charge in [-0.15, -0.1) is 0 Å². The summed E-state index contributed by atoms with van der Waals surface area (Å²) < 4.78 is 13.2. The maximum Gasteiger partial charge on any atom is 0.147 e. The molecule has 1 aromatic carbocycles. The minimum atomic E-state index is -0.547. The van der Waals surface area contributed by atoms with Crippen molar-refractivity contribution in [2.75, 3.05) is 0 Å². The van der Waals surface area contributed by atoms with Gasteiger partial charge in [-0.2, -0.15) is 0 Å². The maximum absolute atomic E-state index is 13.2. The molecule has 0 amide bonds. The zero-order valence-corrected chi connectivity index (χ0v) is 10.1. The average molecular weight is 272 g/mol. The standard InChI is InChI=1S/C12H8Cl2FNO/c13-8-3-1-2-7(12(8)14)10-5-4-9(15)11(6-17)16-10/h1-5,17H,6H2. The van der Waals surface area contributed by atoms with E-state index in [-0.39, 0.29) is 5.69 Å². The van der Waals surface area contributed by atoms with E-state index in [1.165, 1.54) is 12.1 Å². The van der Waals surface area contributed by atoms with Crippen LogP contribution in [-0.4, -0.2) is 10.1 Å². The summed E-state index contributed by atoms with van der Waals surface area (Å²) in [6.07, 6.45) is 0. The summed E-state index contributed by atoms with van der Waals surface area (Å²) in [4.78, 5) is 3.99. The summed E-state index contributed by atoms with van der Waals surface area (Å²) in [6, 6.07) is 7.85. The molecule has 0 saturated heterocycles. The van der Waals surface area contributed by atoms with Gasteiger partial charge in [-0.3, -0.25) is 0 Å². The zero-order valence-electron chi connectivity index (χ0n) is 8.62. The molecule has 2 nitrogen and oxygen atoms in total. The number of nitrogens with zero attached hydrogens (tertiary/aromatic N) is 1. The largest absolute Gasteiger partial charge is 0.390 e. The molecule has 1 aromatic heterocycles. The van der Waals surface area contributed by atoms with E-state index in [1.54, 1.807) is 18.2 Å². The Morgan fingerprint density at radius 1 is 1.18 bits per heavy atom. The molecule has 0 radical (unpaired) electrons. The molecule has 0 spiro atoms. The Bertz CT molecular complexity index is 560. The van der Waals surface area contributed by atoms with Crippen LogP contribution in [0.2, 0.25) is 10.0 Å². The molecule has 0 atom stereocenters. The first kappa shape index (κ1) is 12.3. The summed E-state index contributed by atoms with van der Waals surface area (Å²) in [5.41, 5.74) is 1.07. The molecule has 0 fully saturated rings. The number of hydrogen-bond donors (Lipinski definition) is 1. The van der Waals surface area contributed by atoms with Crippen LogP contribution in [0.4, 0.5) is 4.39 Å². The van der Waals surface area contributed by atoms with E-state index in [4.69, 9.17) is 28.3 Å². The Hall–Kier alpha value is -1.16. The number of rotatable bonds is 2. The number of pyridine rings is 1. The van der Waals surface area contributed by atoms with E-state index in [0.717, 1.165) is 0 Å². The minimum Gasteiger partial charge on any atom is -0.390 e. The van der Waals surface area contributed by atoms with Crippen molar-refractivity contribution in [2.24, 2.45) is 0 Å². The van der Waals surface area contributed by atoms with Crippen LogP contribution in [0.3, 0.4) is 0 Å². The normalized spacial score (nSPS) is 10.6. The van der Waals surface area contributed by atoms with Crippen molar-refractivity contribution in [1.82, 2.24) is 4.98 Å². The van der Waals surface area contributed by atoms with Gasteiger partial charge in [0.1, 0.15) is 11.5 Å². The van der Waals surface area contributed by atoms with E-state index in [2.05, 4.69) is 4.98 Å². The molecule has 0 aliphatic carbocycles. The van der Waals surface area contributed by atoms with Gasteiger partial charge in [-0.1, -0.05) is 35.3 Å². The topological polar surface area (TPSA) is 33.1 Å². The van der Waals surface area contributed by atoms with Gasteiger partial charge in [0.05, 0.1) is 22.3 Å². The smallest absolute Gasteiger partial charge is 0.147 e. The highest BCUT2D eigenvalue weighted by atomic mass is 35.5. The quantitative estimate of drug-likeness (QED) is 0.904. The van der Waals surface area contributed by atoms with Crippen molar-refractivity contribution in [1.29, 1.82) is 0 Å². The molecule has 0 aliphatic rings. The third-order valence-electron chi connectivity index (χ3n) is 2.30. The lowest BCUT2D eigenvalue weighted by Gasteiger charge is -2.07. The van der Waals surface area contributed by atoms with Crippen LogP contribution in [0.5, 0.6) is 0 Å². The number of aliphatic hydroxyl groups excluding tert-OH is 1. The third-order valence-corrected chi connectivity index (χ3v) is 3.11. The summed E-state index contributed by atoms with van der Waals surface area (Å²) >= 11 is 11.9. The van der Waals surface area contributed by atoms with Crippen LogP contribution in [0, 0.1) is 5.82 Å². The monoisotopic (exact) mass is 271 g/mol. The molecule has 5 heteroatoms.